The highest BCUT2D eigenvalue weighted by Gasteiger charge is 2.23. The number of rotatable bonds is 6. The first-order chi connectivity index (χ1) is 12.2. The average Bonchev–Trinajstić information content (AvgIpc) is 3.16. The average molecular weight is 344 g/mol. The van der Waals surface area contributed by atoms with Crippen molar-refractivity contribution in [2.45, 2.75) is 26.2 Å². The molecule has 0 saturated carbocycles. The van der Waals surface area contributed by atoms with Gasteiger partial charge in [0.1, 0.15) is 5.75 Å². The standard InChI is InChI=1S/C18H24N4O3/c1-3-16-19-20-18(25-16)22-12-10-21(11-13-22)17(23)9-6-14-4-7-15(24-2)8-5-14/h4-5,7-8H,3,6,9-13H2,1-2H3. The van der Waals surface area contributed by atoms with Crippen LogP contribution in [-0.4, -0.2) is 54.3 Å². The van der Waals surface area contributed by atoms with Crippen LogP contribution in [0, 0.1) is 0 Å². The number of piperazine rings is 1. The van der Waals surface area contributed by atoms with E-state index < -0.39 is 0 Å². The molecule has 134 valence electrons. The molecule has 0 spiro atoms. The maximum atomic E-state index is 12.4. The molecular formula is C18H24N4O3. The third-order valence-electron chi connectivity index (χ3n) is 4.45. The lowest BCUT2D eigenvalue weighted by atomic mass is 10.1. The van der Waals surface area contributed by atoms with Gasteiger partial charge in [-0.1, -0.05) is 24.2 Å². The summed E-state index contributed by atoms with van der Waals surface area (Å²) in [6.45, 7) is 4.80. The van der Waals surface area contributed by atoms with E-state index in [-0.39, 0.29) is 5.91 Å². The number of hydrogen-bond donors (Lipinski definition) is 0. The van der Waals surface area contributed by atoms with Crippen molar-refractivity contribution in [2.75, 3.05) is 38.2 Å². The van der Waals surface area contributed by atoms with Crippen LogP contribution in [0.15, 0.2) is 28.7 Å². The van der Waals surface area contributed by atoms with Gasteiger partial charge in [-0.15, -0.1) is 5.10 Å². The van der Waals surface area contributed by atoms with Gasteiger partial charge in [0, 0.05) is 39.0 Å². The van der Waals surface area contributed by atoms with E-state index in [0.29, 0.717) is 31.4 Å². The highest BCUT2D eigenvalue weighted by molar-refractivity contribution is 5.76. The molecule has 1 amide bonds. The van der Waals surface area contributed by atoms with Gasteiger partial charge in [0.05, 0.1) is 7.11 Å². The molecule has 2 aromatic rings. The first-order valence-electron chi connectivity index (χ1n) is 8.67. The molecule has 3 rings (SSSR count). The fraction of sp³-hybridized carbons (Fsp3) is 0.500. The van der Waals surface area contributed by atoms with Gasteiger partial charge in [-0.05, 0) is 24.1 Å². The Hall–Kier alpha value is -2.57. The predicted octanol–water partition coefficient (Wildman–Crippen LogP) is 1.92. The van der Waals surface area contributed by atoms with Gasteiger partial charge in [-0.25, -0.2) is 0 Å². The van der Waals surface area contributed by atoms with Crippen molar-refractivity contribution in [3.05, 3.63) is 35.7 Å². The van der Waals surface area contributed by atoms with Gasteiger partial charge < -0.3 is 19.0 Å². The fourth-order valence-corrected chi connectivity index (χ4v) is 2.86. The Morgan fingerprint density at radius 1 is 1.16 bits per heavy atom. The summed E-state index contributed by atoms with van der Waals surface area (Å²) in [4.78, 5) is 16.4. The van der Waals surface area contributed by atoms with Gasteiger partial charge in [0.2, 0.25) is 11.8 Å². The third kappa shape index (κ3) is 4.29. The Bertz CT molecular complexity index is 691. The van der Waals surface area contributed by atoms with E-state index in [9.17, 15) is 4.79 Å². The first-order valence-corrected chi connectivity index (χ1v) is 8.67. The zero-order valence-corrected chi connectivity index (χ0v) is 14.8. The SMILES string of the molecule is CCc1nnc(N2CCN(C(=O)CCc3ccc(OC)cc3)CC2)o1. The fourth-order valence-electron chi connectivity index (χ4n) is 2.86. The molecule has 7 nitrogen and oxygen atoms in total. The highest BCUT2D eigenvalue weighted by atomic mass is 16.5. The highest BCUT2D eigenvalue weighted by Crippen LogP contribution is 2.16. The lowest BCUT2D eigenvalue weighted by Gasteiger charge is -2.33. The van der Waals surface area contributed by atoms with Crippen molar-refractivity contribution in [3.63, 3.8) is 0 Å². The number of hydrogen-bond acceptors (Lipinski definition) is 6. The zero-order valence-electron chi connectivity index (χ0n) is 14.8. The molecule has 1 aliphatic heterocycles. The molecule has 0 radical (unpaired) electrons. The number of carbonyl (C=O) groups excluding carboxylic acids is 1. The minimum absolute atomic E-state index is 0.190. The van der Waals surface area contributed by atoms with Gasteiger partial charge in [0.25, 0.3) is 0 Å². The van der Waals surface area contributed by atoms with E-state index in [1.807, 2.05) is 41.0 Å². The third-order valence-corrected chi connectivity index (χ3v) is 4.45. The number of anilines is 1. The molecule has 1 aromatic carbocycles. The maximum Gasteiger partial charge on any atom is 0.318 e. The number of methoxy groups -OCH3 is 1. The van der Waals surface area contributed by atoms with E-state index in [1.165, 1.54) is 0 Å². The smallest absolute Gasteiger partial charge is 0.318 e. The molecule has 2 heterocycles. The summed E-state index contributed by atoms with van der Waals surface area (Å²) >= 11 is 0. The van der Waals surface area contributed by atoms with E-state index in [2.05, 4.69) is 10.2 Å². The van der Waals surface area contributed by atoms with Crippen molar-refractivity contribution in [2.24, 2.45) is 0 Å². The number of amides is 1. The quantitative estimate of drug-likeness (QED) is 0.797. The molecular weight excluding hydrogens is 320 g/mol. The lowest BCUT2D eigenvalue weighted by Crippen LogP contribution is -2.49. The van der Waals surface area contributed by atoms with Crippen molar-refractivity contribution in [1.82, 2.24) is 15.1 Å². The largest absolute Gasteiger partial charge is 0.497 e. The summed E-state index contributed by atoms with van der Waals surface area (Å²) in [6, 6.07) is 8.42. The molecule has 0 aliphatic carbocycles. The Labute approximate surface area is 147 Å². The minimum Gasteiger partial charge on any atom is -0.497 e. The van der Waals surface area contributed by atoms with Crippen LogP contribution in [0.25, 0.3) is 0 Å². The number of carbonyl (C=O) groups is 1. The summed E-state index contributed by atoms with van der Waals surface area (Å²) in [5.41, 5.74) is 1.14. The second kappa shape index (κ2) is 8.00. The molecule has 1 saturated heterocycles. The molecule has 1 aliphatic rings. The molecule has 0 atom stereocenters. The van der Waals surface area contributed by atoms with Crippen LogP contribution in [0.1, 0.15) is 24.8 Å². The molecule has 1 fully saturated rings. The van der Waals surface area contributed by atoms with Crippen molar-refractivity contribution >= 4 is 11.9 Å². The molecule has 7 heteroatoms. The Morgan fingerprint density at radius 3 is 2.48 bits per heavy atom. The molecule has 0 unspecified atom stereocenters. The number of benzene rings is 1. The van der Waals surface area contributed by atoms with Crippen LogP contribution in [0.2, 0.25) is 0 Å². The topological polar surface area (TPSA) is 71.7 Å². The summed E-state index contributed by atoms with van der Waals surface area (Å²) in [5.74, 6) is 1.67. The monoisotopic (exact) mass is 344 g/mol. The van der Waals surface area contributed by atoms with Crippen LogP contribution in [0.3, 0.4) is 0 Å². The van der Waals surface area contributed by atoms with Crippen LogP contribution >= 0.6 is 0 Å². The molecule has 0 bridgehead atoms. The van der Waals surface area contributed by atoms with Gasteiger partial charge in [-0.2, -0.15) is 0 Å². The summed E-state index contributed by atoms with van der Waals surface area (Å²) in [5, 5.41) is 8.06. The van der Waals surface area contributed by atoms with Crippen LogP contribution in [0.4, 0.5) is 6.01 Å². The number of aromatic nitrogens is 2. The van der Waals surface area contributed by atoms with E-state index in [4.69, 9.17) is 9.15 Å². The second-order valence-electron chi connectivity index (χ2n) is 6.05. The minimum atomic E-state index is 0.190. The van der Waals surface area contributed by atoms with Gasteiger partial charge >= 0.3 is 6.01 Å². The molecule has 1 aromatic heterocycles. The van der Waals surface area contributed by atoms with Gasteiger partial charge in [-0.3, -0.25) is 4.79 Å². The predicted molar refractivity (Wildman–Crippen MR) is 93.8 cm³/mol. The van der Waals surface area contributed by atoms with Crippen LogP contribution in [-0.2, 0) is 17.6 Å². The number of ether oxygens (including phenoxy) is 1. The van der Waals surface area contributed by atoms with Crippen molar-refractivity contribution in [3.8, 4) is 5.75 Å². The number of aryl methyl sites for hydroxylation is 2. The second-order valence-corrected chi connectivity index (χ2v) is 6.05. The lowest BCUT2D eigenvalue weighted by molar-refractivity contribution is -0.131. The van der Waals surface area contributed by atoms with E-state index >= 15 is 0 Å². The Morgan fingerprint density at radius 2 is 1.88 bits per heavy atom. The summed E-state index contributed by atoms with van der Waals surface area (Å²) < 4.78 is 10.7. The van der Waals surface area contributed by atoms with Crippen molar-refractivity contribution < 1.29 is 13.9 Å². The Kier molecular flexibility index (Phi) is 5.53. The molecule has 0 N–H and O–H groups in total. The first kappa shape index (κ1) is 17.3. The summed E-state index contributed by atoms with van der Waals surface area (Å²) in [7, 11) is 1.65. The van der Waals surface area contributed by atoms with Crippen molar-refractivity contribution in [1.29, 1.82) is 0 Å². The van der Waals surface area contributed by atoms with Crippen LogP contribution < -0.4 is 9.64 Å². The van der Waals surface area contributed by atoms with E-state index in [1.54, 1.807) is 7.11 Å². The summed E-state index contributed by atoms with van der Waals surface area (Å²) in [6.07, 6.45) is 2.00. The van der Waals surface area contributed by atoms with E-state index in [0.717, 1.165) is 37.2 Å². The maximum absolute atomic E-state index is 12.4. The zero-order chi connectivity index (χ0) is 17.6. The normalized spacial score (nSPS) is 14.6. The number of nitrogens with zero attached hydrogens (tertiary/aromatic N) is 4. The molecule has 25 heavy (non-hydrogen) atoms. The van der Waals surface area contributed by atoms with Crippen LogP contribution in [0.5, 0.6) is 5.75 Å². The van der Waals surface area contributed by atoms with Gasteiger partial charge in [0.15, 0.2) is 0 Å². The Balaban J connectivity index is 1.46.